The third kappa shape index (κ3) is 5.56. The molecule has 0 saturated heterocycles. The number of hydrogen-bond donors (Lipinski definition) is 2. The Morgan fingerprint density at radius 3 is 2.52 bits per heavy atom. The molecule has 0 aliphatic carbocycles. The molecule has 0 saturated carbocycles. The van der Waals surface area contributed by atoms with Crippen LogP contribution < -0.4 is 15.4 Å². The molecule has 9 heteroatoms. The number of carbonyl (C=O) groups is 3. The molecule has 2 aromatic rings. The number of nitrogens with one attached hydrogen (secondary N) is 2. The fourth-order valence-electron chi connectivity index (χ4n) is 2.65. The maximum absolute atomic E-state index is 12.3. The molecule has 0 bridgehead atoms. The Morgan fingerprint density at radius 2 is 1.90 bits per heavy atom. The van der Waals surface area contributed by atoms with Crippen molar-refractivity contribution in [3.8, 4) is 5.75 Å². The van der Waals surface area contributed by atoms with Gasteiger partial charge < -0.3 is 20.1 Å². The Bertz CT molecular complexity index is 906. The van der Waals surface area contributed by atoms with Gasteiger partial charge in [0.05, 0.1) is 29.2 Å². The lowest BCUT2D eigenvalue weighted by molar-refractivity contribution is -0.152. The van der Waals surface area contributed by atoms with Gasteiger partial charge in [0, 0.05) is 7.05 Å². The van der Waals surface area contributed by atoms with Gasteiger partial charge in [0.1, 0.15) is 12.3 Å². The molecule has 0 aliphatic heterocycles. The zero-order chi connectivity index (χ0) is 21.6. The quantitative estimate of drug-likeness (QED) is 0.651. The number of benzene rings is 1. The Kier molecular flexibility index (Phi) is 7.35. The zero-order valence-electron chi connectivity index (χ0n) is 17.2. The fraction of sp³-hybridized carbons (Fsp3) is 0.400. The van der Waals surface area contributed by atoms with Crippen LogP contribution in [0, 0.1) is 13.8 Å². The molecule has 2 rings (SSSR count). The lowest BCUT2D eigenvalue weighted by atomic mass is 10.2. The lowest BCUT2D eigenvalue weighted by Gasteiger charge is -2.14. The minimum absolute atomic E-state index is 0.315. The first-order chi connectivity index (χ1) is 13.7. The summed E-state index contributed by atoms with van der Waals surface area (Å²) in [6.45, 7) is 6.90. The van der Waals surface area contributed by atoms with E-state index < -0.39 is 23.9 Å². The van der Waals surface area contributed by atoms with Crippen LogP contribution in [0.1, 0.15) is 35.6 Å². The summed E-state index contributed by atoms with van der Waals surface area (Å²) >= 11 is 0. The number of para-hydroxylation sites is 1. The Morgan fingerprint density at radius 1 is 1.21 bits per heavy atom. The molecule has 0 aliphatic rings. The van der Waals surface area contributed by atoms with E-state index >= 15 is 0 Å². The Labute approximate surface area is 169 Å². The van der Waals surface area contributed by atoms with Crippen LogP contribution in [0.3, 0.4) is 0 Å². The highest BCUT2D eigenvalue weighted by Gasteiger charge is 2.21. The molecular weight excluding hydrogens is 376 g/mol. The third-order valence-electron chi connectivity index (χ3n) is 4.26. The molecule has 1 heterocycles. The number of rotatable bonds is 8. The predicted octanol–water partition coefficient (Wildman–Crippen LogP) is 1.74. The molecule has 0 spiro atoms. The van der Waals surface area contributed by atoms with Gasteiger partial charge in [-0.15, -0.1) is 0 Å². The lowest BCUT2D eigenvalue weighted by Crippen LogP contribution is -2.36. The molecule has 1 aromatic heterocycles. The average Bonchev–Trinajstić information content (AvgIpc) is 2.92. The Balaban J connectivity index is 1.88. The monoisotopic (exact) mass is 402 g/mol. The third-order valence-corrected chi connectivity index (χ3v) is 4.26. The molecule has 0 unspecified atom stereocenters. The number of esters is 1. The molecule has 156 valence electrons. The summed E-state index contributed by atoms with van der Waals surface area (Å²) < 4.78 is 12.2. The van der Waals surface area contributed by atoms with Crippen LogP contribution in [0.15, 0.2) is 24.3 Å². The van der Waals surface area contributed by atoms with Gasteiger partial charge in [0.25, 0.3) is 11.8 Å². The highest BCUT2D eigenvalue weighted by atomic mass is 16.5. The number of amides is 2. The van der Waals surface area contributed by atoms with E-state index in [-0.39, 0.29) is 6.54 Å². The van der Waals surface area contributed by atoms with Gasteiger partial charge in [0.2, 0.25) is 0 Å². The van der Waals surface area contributed by atoms with Crippen LogP contribution in [0.5, 0.6) is 5.75 Å². The van der Waals surface area contributed by atoms with Crippen LogP contribution in [0.2, 0.25) is 0 Å². The summed E-state index contributed by atoms with van der Waals surface area (Å²) in [5, 5.41) is 9.41. The van der Waals surface area contributed by atoms with Gasteiger partial charge in [-0.2, -0.15) is 5.10 Å². The molecule has 9 nitrogen and oxygen atoms in total. The van der Waals surface area contributed by atoms with Crippen molar-refractivity contribution in [2.75, 3.05) is 18.5 Å². The minimum atomic E-state index is -1.03. The molecule has 0 fully saturated rings. The SMILES string of the molecule is CCOc1ccccc1C(=O)NCC(=O)O[C@H](C)C(=O)Nc1c(C)nn(C)c1C. The fourth-order valence-corrected chi connectivity index (χ4v) is 2.65. The van der Waals surface area contributed by atoms with E-state index in [0.29, 0.717) is 29.3 Å². The summed E-state index contributed by atoms with van der Waals surface area (Å²) in [6.07, 6.45) is -1.03. The van der Waals surface area contributed by atoms with Gasteiger partial charge >= 0.3 is 5.97 Å². The number of ether oxygens (including phenoxy) is 2. The van der Waals surface area contributed by atoms with Crippen molar-refractivity contribution in [1.82, 2.24) is 15.1 Å². The van der Waals surface area contributed by atoms with Crippen LogP contribution in [-0.4, -0.2) is 46.8 Å². The first kappa shape index (κ1) is 21.9. The summed E-state index contributed by atoms with van der Waals surface area (Å²) in [5.74, 6) is -1.25. The molecule has 1 atom stereocenters. The van der Waals surface area contributed by atoms with Gasteiger partial charge in [0.15, 0.2) is 6.10 Å². The molecule has 2 N–H and O–H groups in total. The van der Waals surface area contributed by atoms with Crippen LogP contribution in [-0.2, 0) is 21.4 Å². The first-order valence-corrected chi connectivity index (χ1v) is 9.25. The number of hydrogen-bond acceptors (Lipinski definition) is 6. The van der Waals surface area contributed by atoms with Crippen molar-refractivity contribution in [3.63, 3.8) is 0 Å². The summed E-state index contributed by atoms with van der Waals surface area (Å²) in [4.78, 5) is 36.6. The van der Waals surface area contributed by atoms with E-state index in [2.05, 4.69) is 15.7 Å². The van der Waals surface area contributed by atoms with Gasteiger partial charge in [-0.3, -0.25) is 19.1 Å². The Hall–Kier alpha value is -3.36. The second-order valence-electron chi connectivity index (χ2n) is 6.40. The standard InChI is InChI=1S/C20H26N4O5/c1-6-28-16-10-8-7-9-15(16)20(27)21-11-17(25)29-14(4)19(26)22-18-12(2)23-24(5)13(18)3/h7-10,14H,6,11H2,1-5H3,(H,21,27)(H,22,26)/t14-/m1/s1. The highest BCUT2D eigenvalue weighted by molar-refractivity contribution is 5.99. The van der Waals surface area contributed by atoms with Crippen molar-refractivity contribution in [2.45, 2.75) is 33.8 Å². The van der Waals surface area contributed by atoms with Gasteiger partial charge in [-0.1, -0.05) is 12.1 Å². The normalized spacial score (nSPS) is 11.5. The van der Waals surface area contributed by atoms with E-state index in [9.17, 15) is 14.4 Å². The summed E-state index contributed by atoms with van der Waals surface area (Å²) in [5.41, 5.74) is 2.35. The molecule has 29 heavy (non-hydrogen) atoms. The van der Waals surface area contributed by atoms with Crippen molar-refractivity contribution in [3.05, 3.63) is 41.2 Å². The second kappa shape index (κ2) is 9.72. The van der Waals surface area contributed by atoms with Gasteiger partial charge in [-0.25, -0.2) is 0 Å². The number of carbonyl (C=O) groups excluding carboxylic acids is 3. The summed E-state index contributed by atoms with van der Waals surface area (Å²) in [7, 11) is 1.77. The molecule has 0 radical (unpaired) electrons. The van der Waals surface area contributed by atoms with Gasteiger partial charge in [-0.05, 0) is 39.8 Å². The number of nitrogens with zero attached hydrogens (tertiary/aromatic N) is 2. The largest absolute Gasteiger partial charge is 0.493 e. The van der Waals surface area contributed by atoms with Crippen LogP contribution in [0.25, 0.3) is 0 Å². The summed E-state index contributed by atoms with van der Waals surface area (Å²) in [6, 6.07) is 6.72. The highest BCUT2D eigenvalue weighted by Crippen LogP contribution is 2.19. The molecule has 2 amide bonds. The smallest absolute Gasteiger partial charge is 0.326 e. The number of aromatic nitrogens is 2. The van der Waals surface area contributed by atoms with E-state index in [1.54, 1.807) is 42.9 Å². The van der Waals surface area contributed by atoms with E-state index in [1.807, 2.05) is 13.8 Å². The van der Waals surface area contributed by atoms with Crippen molar-refractivity contribution in [2.24, 2.45) is 7.05 Å². The predicted molar refractivity (Wildman–Crippen MR) is 107 cm³/mol. The zero-order valence-corrected chi connectivity index (χ0v) is 17.2. The topological polar surface area (TPSA) is 112 Å². The van der Waals surface area contributed by atoms with Crippen molar-refractivity contribution in [1.29, 1.82) is 0 Å². The second-order valence-corrected chi connectivity index (χ2v) is 6.40. The molecule has 1 aromatic carbocycles. The average molecular weight is 402 g/mol. The number of anilines is 1. The first-order valence-electron chi connectivity index (χ1n) is 9.25. The van der Waals surface area contributed by atoms with Crippen LogP contribution in [0.4, 0.5) is 5.69 Å². The van der Waals surface area contributed by atoms with E-state index in [0.717, 1.165) is 5.69 Å². The maximum Gasteiger partial charge on any atom is 0.326 e. The van der Waals surface area contributed by atoms with Crippen LogP contribution >= 0.6 is 0 Å². The van der Waals surface area contributed by atoms with E-state index in [4.69, 9.17) is 9.47 Å². The number of aryl methyl sites for hydroxylation is 2. The van der Waals surface area contributed by atoms with Crippen molar-refractivity contribution >= 4 is 23.5 Å². The maximum atomic E-state index is 12.3. The van der Waals surface area contributed by atoms with Crippen molar-refractivity contribution < 1.29 is 23.9 Å². The van der Waals surface area contributed by atoms with E-state index in [1.165, 1.54) is 6.92 Å². The molecular formula is C20H26N4O5. The minimum Gasteiger partial charge on any atom is -0.493 e.